The van der Waals surface area contributed by atoms with Gasteiger partial charge in [0.05, 0.1) is 7.11 Å². The zero-order chi connectivity index (χ0) is 12.8. The number of unbranched alkanes of at least 4 members (excludes halogenated alkanes) is 1. The topological polar surface area (TPSA) is 43.4 Å². The number of rotatable bonds is 6. The van der Waals surface area contributed by atoms with E-state index in [1.807, 2.05) is 0 Å². The van der Waals surface area contributed by atoms with E-state index in [1.165, 1.54) is 7.11 Å². The van der Waals surface area contributed by atoms with Gasteiger partial charge in [-0.1, -0.05) is 33.1 Å². The lowest BCUT2D eigenvalue weighted by atomic mass is 9.80. The Bertz CT molecular complexity index is 273. The lowest BCUT2D eigenvalue weighted by Crippen LogP contribution is -2.25. The second kappa shape index (κ2) is 6.77. The molecule has 0 unspecified atom stereocenters. The minimum absolute atomic E-state index is 0.0839. The van der Waals surface area contributed by atoms with Gasteiger partial charge in [-0.25, -0.2) is 0 Å². The van der Waals surface area contributed by atoms with E-state index in [0.29, 0.717) is 24.5 Å². The van der Waals surface area contributed by atoms with Crippen LogP contribution >= 0.6 is 0 Å². The van der Waals surface area contributed by atoms with Gasteiger partial charge < -0.3 is 4.74 Å². The van der Waals surface area contributed by atoms with Gasteiger partial charge in [0.1, 0.15) is 5.78 Å². The molecule has 17 heavy (non-hydrogen) atoms. The predicted molar refractivity (Wildman–Crippen MR) is 66.5 cm³/mol. The molecule has 1 fully saturated rings. The summed E-state index contributed by atoms with van der Waals surface area (Å²) < 4.78 is 4.71. The van der Waals surface area contributed by atoms with Crippen LogP contribution in [0, 0.1) is 17.8 Å². The van der Waals surface area contributed by atoms with Gasteiger partial charge in [0.25, 0.3) is 0 Å². The first-order valence-corrected chi connectivity index (χ1v) is 6.69. The third kappa shape index (κ3) is 3.83. The normalized spacial score (nSPS) is 25.9. The van der Waals surface area contributed by atoms with Gasteiger partial charge in [0.2, 0.25) is 0 Å². The molecule has 3 heteroatoms. The minimum atomic E-state index is -0.183. The van der Waals surface area contributed by atoms with Crippen LogP contribution in [-0.4, -0.2) is 18.9 Å². The van der Waals surface area contributed by atoms with Crippen molar-refractivity contribution < 1.29 is 14.3 Å². The van der Waals surface area contributed by atoms with Gasteiger partial charge in [-0.05, 0) is 18.3 Å². The summed E-state index contributed by atoms with van der Waals surface area (Å²) >= 11 is 0. The summed E-state index contributed by atoms with van der Waals surface area (Å²) in [5.41, 5.74) is 0. The van der Waals surface area contributed by atoms with Gasteiger partial charge in [0, 0.05) is 18.8 Å². The molecule has 3 atom stereocenters. The fourth-order valence-electron chi connectivity index (χ4n) is 2.95. The number of Topliss-reactive ketones (excluding diaryl/α,β-unsaturated/α-hetero) is 1. The van der Waals surface area contributed by atoms with E-state index >= 15 is 0 Å². The average molecular weight is 240 g/mol. The highest BCUT2D eigenvalue weighted by Gasteiger charge is 2.38. The van der Waals surface area contributed by atoms with Crippen LogP contribution in [0.2, 0.25) is 0 Å². The molecular formula is C14H24O3. The summed E-state index contributed by atoms with van der Waals surface area (Å²) in [6.07, 6.45) is 5.31. The fourth-order valence-corrected chi connectivity index (χ4v) is 2.95. The Labute approximate surface area is 104 Å². The highest BCUT2D eigenvalue weighted by Crippen LogP contribution is 2.38. The molecule has 3 nitrogen and oxygen atoms in total. The molecule has 0 saturated heterocycles. The van der Waals surface area contributed by atoms with Crippen molar-refractivity contribution in [3.05, 3.63) is 0 Å². The molecule has 0 amide bonds. The molecule has 0 aromatic carbocycles. The Morgan fingerprint density at radius 1 is 1.53 bits per heavy atom. The van der Waals surface area contributed by atoms with E-state index in [9.17, 15) is 9.59 Å². The molecule has 1 saturated carbocycles. The molecule has 1 rings (SSSR count). The van der Waals surface area contributed by atoms with Crippen LogP contribution in [0.15, 0.2) is 0 Å². The van der Waals surface area contributed by atoms with E-state index in [2.05, 4.69) is 13.8 Å². The molecule has 1 aliphatic carbocycles. The van der Waals surface area contributed by atoms with Gasteiger partial charge in [-0.2, -0.15) is 0 Å². The number of carbonyl (C=O) groups is 2. The maximum absolute atomic E-state index is 11.9. The molecular weight excluding hydrogens is 216 g/mol. The zero-order valence-electron chi connectivity index (χ0n) is 11.2. The first-order valence-electron chi connectivity index (χ1n) is 6.69. The number of hydrogen-bond acceptors (Lipinski definition) is 3. The Morgan fingerprint density at radius 2 is 2.24 bits per heavy atom. The monoisotopic (exact) mass is 240 g/mol. The molecule has 0 aliphatic heterocycles. The van der Waals surface area contributed by atoms with Crippen molar-refractivity contribution in [2.45, 2.75) is 52.4 Å². The third-order valence-corrected chi connectivity index (χ3v) is 3.92. The Hall–Kier alpha value is -0.860. The highest BCUT2D eigenvalue weighted by molar-refractivity contribution is 5.84. The van der Waals surface area contributed by atoms with Crippen molar-refractivity contribution in [3.63, 3.8) is 0 Å². The maximum Gasteiger partial charge on any atom is 0.305 e. The molecule has 0 radical (unpaired) electrons. The summed E-state index contributed by atoms with van der Waals surface area (Å²) in [5.74, 6) is 0.863. The van der Waals surface area contributed by atoms with Crippen molar-refractivity contribution in [3.8, 4) is 0 Å². The zero-order valence-corrected chi connectivity index (χ0v) is 11.2. The Kier molecular flexibility index (Phi) is 5.66. The van der Waals surface area contributed by atoms with Crippen molar-refractivity contribution in [1.29, 1.82) is 0 Å². The number of ether oxygens (including phenoxy) is 1. The number of carbonyl (C=O) groups excluding carboxylic acids is 2. The standard InChI is InChI=1S/C14H24O3/c1-4-5-6-10(2)14-11(7-8-12(14)15)9-13(16)17-3/h10-11,14H,4-9H2,1-3H3/t10-,11+,14+/m1/s1. The van der Waals surface area contributed by atoms with Crippen LogP contribution < -0.4 is 0 Å². The van der Waals surface area contributed by atoms with Crippen LogP contribution in [0.1, 0.15) is 52.4 Å². The second-order valence-electron chi connectivity index (χ2n) is 5.19. The number of methoxy groups -OCH3 is 1. The molecule has 0 bridgehead atoms. The first-order chi connectivity index (χ1) is 8.10. The SMILES string of the molecule is CCCC[C@@H](C)[C@@H]1C(=O)CC[C@H]1CC(=O)OC. The van der Waals surface area contributed by atoms with E-state index in [0.717, 1.165) is 25.7 Å². The Balaban J connectivity index is 2.58. The van der Waals surface area contributed by atoms with Crippen molar-refractivity contribution in [2.75, 3.05) is 7.11 Å². The van der Waals surface area contributed by atoms with Crippen LogP contribution in [0.4, 0.5) is 0 Å². The number of hydrogen-bond donors (Lipinski definition) is 0. The van der Waals surface area contributed by atoms with Crippen LogP contribution in [0.3, 0.4) is 0 Å². The fraction of sp³-hybridized carbons (Fsp3) is 0.857. The molecule has 1 aliphatic rings. The van der Waals surface area contributed by atoms with Gasteiger partial charge in [-0.15, -0.1) is 0 Å². The summed E-state index contributed by atoms with van der Waals surface area (Å²) in [5, 5.41) is 0. The molecule has 0 spiro atoms. The van der Waals surface area contributed by atoms with Crippen LogP contribution in [0.5, 0.6) is 0 Å². The van der Waals surface area contributed by atoms with Crippen molar-refractivity contribution >= 4 is 11.8 Å². The van der Waals surface area contributed by atoms with Crippen LogP contribution in [0.25, 0.3) is 0 Å². The second-order valence-corrected chi connectivity index (χ2v) is 5.19. The quantitative estimate of drug-likeness (QED) is 0.670. The average Bonchev–Trinajstić information content (AvgIpc) is 2.67. The van der Waals surface area contributed by atoms with Crippen molar-refractivity contribution in [2.24, 2.45) is 17.8 Å². The first kappa shape index (κ1) is 14.2. The van der Waals surface area contributed by atoms with Gasteiger partial charge in [0.15, 0.2) is 0 Å². The lowest BCUT2D eigenvalue weighted by Gasteiger charge is -2.23. The van der Waals surface area contributed by atoms with E-state index in [4.69, 9.17) is 4.74 Å². The third-order valence-electron chi connectivity index (χ3n) is 3.92. The molecule has 0 heterocycles. The molecule has 98 valence electrons. The highest BCUT2D eigenvalue weighted by atomic mass is 16.5. The minimum Gasteiger partial charge on any atom is -0.469 e. The Morgan fingerprint density at radius 3 is 2.82 bits per heavy atom. The molecule has 0 N–H and O–H groups in total. The molecule has 0 aromatic heterocycles. The van der Waals surface area contributed by atoms with E-state index in [1.54, 1.807) is 0 Å². The largest absolute Gasteiger partial charge is 0.469 e. The number of esters is 1. The summed E-state index contributed by atoms with van der Waals surface area (Å²) in [4.78, 5) is 23.2. The smallest absolute Gasteiger partial charge is 0.305 e. The van der Waals surface area contributed by atoms with E-state index in [-0.39, 0.29) is 17.8 Å². The number of ketones is 1. The predicted octanol–water partition coefficient (Wildman–Crippen LogP) is 2.97. The summed E-state index contributed by atoms with van der Waals surface area (Å²) in [7, 11) is 1.41. The summed E-state index contributed by atoms with van der Waals surface area (Å²) in [6.45, 7) is 4.31. The lowest BCUT2D eigenvalue weighted by molar-refractivity contribution is -0.142. The summed E-state index contributed by atoms with van der Waals surface area (Å²) in [6, 6.07) is 0. The van der Waals surface area contributed by atoms with Gasteiger partial charge >= 0.3 is 5.97 Å². The van der Waals surface area contributed by atoms with Gasteiger partial charge in [-0.3, -0.25) is 9.59 Å². The maximum atomic E-state index is 11.9. The van der Waals surface area contributed by atoms with Crippen molar-refractivity contribution in [1.82, 2.24) is 0 Å². The van der Waals surface area contributed by atoms with E-state index < -0.39 is 0 Å². The van der Waals surface area contributed by atoms with Crippen LogP contribution in [-0.2, 0) is 14.3 Å². The molecule has 0 aromatic rings.